The fourth-order valence-electron chi connectivity index (χ4n) is 2.96. The van der Waals surface area contributed by atoms with Gasteiger partial charge in [0.25, 0.3) is 0 Å². The van der Waals surface area contributed by atoms with Gasteiger partial charge >= 0.3 is 0 Å². The highest BCUT2D eigenvalue weighted by atomic mass is 32.1. The molecule has 2 nitrogen and oxygen atoms in total. The molecule has 0 aliphatic heterocycles. The van der Waals surface area contributed by atoms with Crippen LogP contribution in [0.15, 0.2) is 84.9 Å². The third kappa shape index (κ3) is 2.73. The van der Waals surface area contributed by atoms with Crippen LogP contribution in [-0.4, -0.2) is 10.1 Å². The summed E-state index contributed by atoms with van der Waals surface area (Å²) in [5, 5.41) is 12.4. The summed E-state index contributed by atoms with van der Waals surface area (Å²) in [6, 6.07) is 27.9. The summed E-state index contributed by atoms with van der Waals surface area (Å²) in [6.45, 7) is 0. The largest absolute Gasteiger partial charge is 0.378 e. The van der Waals surface area contributed by atoms with Gasteiger partial charge in [-0.15, -0.1) is 11.3 Å². The van der Waals surface area contributed by atoms with Gasteiger partial charge in [-0.1, -0.05) is 72.8 Å². The van der Waals surface area contributed by atoms with Crippen LogP contribution in [0.2, 0.25) is 0 Å². The van der Waals surface area contributed by atoms with E-state index in [4.69, 9.17) is 4.98 Å². The van der Waals surface area contributed by atoms with E-state index < -0.39 is 5.60 Å². The van der Waals surface area contributed by atoms with Crippen LogP contribution in [-0.2, 0) is 12.0 Å². The zero-order valence-corrected chi connectivity index (χ0v) is 13.9. The third-order valence-corrected chi connectivity index (χ3v) is 5.39. The van der Waals surface area contributed by atoms with Crippen molar-refractivity contribution < 1.29 is 5.11 Å². The van der Waals surface area contributed by atoms with Crippen molar-refractivity contribution in [1.29, 1.82) is 0 Å². The summed E-state index contributed by atoms with van der Waals surface area (Å²) >= 11 is 1.56. The number of nitrogens with zero attached hydrogens (tertiary/aromatic N) is 1. The second-order valence-corrected chi connectivity index (χ2v) is 6.91. The predicted octanol–water partition coefficient (Wildman–Crippen LogP) is 4.77. The van der Waals surface area contributed by atoms with E-state index in [1.807, 2.05) is 84.9 Å². The lowest BCUT2D eigenvalue weighted by Gasteiger charge is -2.26. The highest BCUT2D eigenvalue weighted by Gasteiger charge is 2.35. The van der Waals surface area contributed by atoms with Crippen molar-refractivity contribution >= 4 is 21.6 Å². The lowest BCUT2D eigenvalue weighted by atomic mass is 9.87. The van der Waals surface area contributed by atoms with E-state index in [1.54, 1.807) is 11.3 Å². The molecule has 3 aromatic carbocycles. The molecule has 0 aliphatic carbocycles. The maximum Gasteiger partial charge on any atom is 0.145 e. The minimum atomic E-state index is -1.13. The molecule has 0 radical (unpaired) electrons. The van der Waals surface area contributed by atoms with Crippen LogP contribution in [0, 0.1) is 0 Å². The molecule has 1 aromatic heterocycles. The molecule has 118 valence electrons. The fourth-order valence-corrected chi connectivity index (χ4v) is 4.03. The molecular formula is C21H17NOS. The normalized spacial score (nSPS) is 13.7. The highest BCUT2D eigenvalue weighted by molar-refractivity contribution is 7.18. The maximum atomic E-state index is 11.7. The van der Waals surface area contributed by atoms with Crippen molar-refractivity contribution in [2.45, 2.75) is 12.0 Å². The number of fused-ring (bicyclic) bond motifs is 1. The number of para-hydroxylation sites is 1. The van der Waals surface area contributed by atoms with Crippen LogP contribution in [0.1, 0.15) is 16.1 Å². The van der Waals surface area contributed by atoms with Gasteiger partial charge < -0.3 is 5.11 Å². The van der Waals surface area contributed by atoms with E-state index in [0.29, 0.717) is 6.42 Å². The number of rotatable bonds is 4. The Balaban J connectivity index is 1.86. The van der Waals surface area contributed by atoms with Crippen LogP contribution >= 0.6 is 11.3 Å². The minimum absolute atomic E-state index is 0.498. The van der Waals surface area contributed by atoms with Gasteiger partial charge in [-0.25, -0.2) is 4.98 Å². The van der Waals surface area contributed by atoms with Crippen LogP contribution < -0.4 is 0 Å². The first-order chi connectivity index (χ1) is 11.8. The van der Waals surface area contributed by atoms with Gasteiger partial charge in [-0.3, -0.25) is 0 Å². The number of hydrogen-bond acceptors (Lipinski definition) is 3. The molecule has 0 saturated heterocycles. The van der Waals surface area contributed by atoms with Crippen molar-refractivity contribution in [2.75, 3.05) is 0 Å². The van der Waals surface area contributed by atoms with E-state index >= 15 is 0 Å². The molecule has 1 unspecified atom stereocenters. The molecule has 0 aliphatic rings. The van der Waals surface area contributed by atoms with Crippen molar-refractivity contribution in [3.8, 4) is 0 Å². The summed E-state index contributed by atoms with van der Waals surface area (Å²) in [5.74, 6) is 0. The van der Waals surface area contributed by atoms with Crippen molar-refractivity contribution in [2.24, 2.45) is 0 Å². The molecule has 0 spiro atoms. The molecule has 3 heteroatoms. The number of benzene rings is 3. The predicted molar refractivity (Wildman–Crippen MR) is 99.2 cm³/mol. The van der Waals surface area contributed by atoms with Crippen LogP contribution in [0.3, 0.4) is 0 Å². The number of thiazole rings is 1. The summed E-state index contributed by atoms with van der Waals surface area (Å²) in [5.41, 5.74) is 1.75. The Morgan fingerprint density at radius 3 is 2.12 bits per heavy atom. The Bertz CT molecular complexity index is 916. The maximum absolute atomic E-state index is 11.7. The van der Waals surface area contributed by atoms with E-state index in [1.165, 1.54) is 0 Å². The Hall–Kier alpha value is -2.49. The van der Waals surface area contributed by atoms with E-state index in [9.17, 15) is 5.11 Å². The van der Waals surface area contributed by atoms with Gasteiger partial charge in [0.1, 0.15) is 10.6 Å². The van der Waals surface area contributed by atoms with Gasteiger partial charge in [0, 0.05) is 6.42 Å². The summed E-state index contributed by atoms with van der Waals surface area (Å²) in [4.78, 5) is 4.73. The molecule has 4 rings (SSSR count). The lowest BCUT2D eigenvalue weighted by Crippen LogP contribution is -2.30. The molecule has 0 fully saturated rings. The van der Waals surface area contributed by atoms with Crippen LogP contribution in [0.4, 0.5) is 0 Å². The zero-order chi connectivity index (χ0) is 16.4. The average molecular weight is 331 g/mol. The third-order valence-electron chi connectivity index (χ3n) is 4.20. The molecular weight excluding hydrogens is 314 g/mol. The van der Waals surface area contributed by atoms with Crippen LogP contribution in [0.25, 0.3) is 10.2 Å². The standard InChI is InChI=1S/C21H17NOS/c23-21(17-11-5-2-6-12-17,15-16-9-3-1-4-10-16)20-22-18-13-7-8-14-19(18)24-20/h1-14,23H,15H2. The van der Waals surface area contributed by atoms with Gasteiger partial charge in [0.05, 0.1) is 10.2 Å². The summed E-state index contributed by atoms with van der Waals surface area (Å²) in [6.07, 6.45) is 0.498. The number of aromatic nitrogens is 1. The first-order valence-electron chi connectivity index (χ1n) is 7.93. The summed E-state index contributed by atoms with van der Waals surface area (Å²) in [7, 11) is 0. The Kier molecular flexibility index (Phi) is 3.89. The van der Waals surface area contributed by atoms with E-state index in [-0.39, 0.29) is 0 Å². The van der Waals surface area contributed by atoms with E-state index in [0.717, 1.165) is 26.4 Å². The van der Waals surface area contributed by atoms with Gasteiger partial charge in [-0.05, 0) is 23.3 Å². The Labute approximate surface area is 145 Å². The second-order valence-electron chi connectivity index (χ2n) is 5.88. The quantitative estimate of drug-likeness (QED) is 0.584. The molecule has 0 amide bonds. The second kappa shape index (κ2) is 6.19. The topological polar surface area (TPSA) is 33.1 Å². The van der Waals surface area contributed by atoms with Gasteiger partial charge in [0.15, 0.2) is 0 Å². The molecule has 1 heterocycles. The van der Waals surface area contributed by atoms with Gasteiger partial charge in [-0.2, -0.15) is 0 Å². The first kappa shape index (κ1) is 15.1. The van der Waals surface area contributed by atoms with E-state index in [2.05, 4.69) is 0 Å². The van der Waals surface area contributed by atoms with Gasteiger partial charge in [0.2, 0.25) is 0 Å². The molecule has 4 aromatic rings. The van der Waals surface area contributed by atoms with Crippen molar-refractivity contribution in [3.05, 3.63) is 101 Å². The molecule has 0 saturated carbocycles. The fraction of sp³-hybridized carbons (Fsp3) is 0.0952. The number of aliphatic hydroxyl groups is 1. The minimum Gasteiger partial charge on any atom is -0.378 e. The van der Waals surface area contributed by atoms with Crippen molar-refractivity contribution in [3.63, 3.8) is 0 Å². The smallest absolute Gasteiger partial charge is 0.145 e. The number of hydrogen-bond donors (Lipinski definition) is 1. The molecule has 0 bridgehead atoms. The molecule has 1 N–H and O–H groups in total. The monoisotopic (exact) mass is 331 g/mol. The van der Waals surface area contributed by atoms with Crippen LogP contribution in [0.5, 0.6) is 0 Å². The zero-order valence-electron chi connectivity index (χ0n) is 13.1. The SMILES string of the molecule is OC(Cc1ccccc1)(c1ccccc1)c1nc2ccccc2s1. The summed E-state index contributed by atoms with van der Waals surface area (Å²) < 4.78 is 1.09. The van der Waals surface area contributed by atoms with Crippen molar-refractivity contribution in [1.82, 2.24) is 4.98 Å². The highest BCUT2D eigenvalue weighted by Crippen LogP contribution is 2.37. The lowest BCUT2D eigenvalue weighted by molar-refractivity contribution is 0.0810. The molecule has 1 atom stereocenters. The Morgan fingerprint density at radius 2 is 1.42 bits per heavy atom. The molecule has 24 heavy (non-hydrogen) atoms. The average Bonchev–Trinajstić information content (AvgIpc) is 3.08. The first-order valence-corrected chi connectivity index (χ1v) is 8.75. The Morgan fingerprint density at radius 1 is 0.792 bits per heavy atom.